The Labute approximate surface area is 149 Å². The van der Waals surface area contributed by atoms with Crippen LogP contribution in [0.3, 0.4) is 0 Å². The monoisotopic (exact) mass is 342 g/mol. The summed E-state index contributed by atoms with van der Waals surface area (Å²) in [6.07, 6.45) is -0.507. The summed E-state index contributed by atoms with van der Waals surface area (Å²) >= 11 is 0. The molecule has 5 nitrogen and oxygen atoms in total. The van der Waals surface area contributed by atoms with Crippen molar-refractivity contribution in [2.45, 2.75) is 12.6 Å². The van der Waals surface area contributed by atoms with Gasteiger partial charge in [-0.2, -0.15) is 0 Å². The molecule has 0 saturated carbocycles. The number of nitrogens with zero attached hydrogens (tertiary/aromatic N) is 2. The average Bonchev–Trinajstić information content (AvgIpc) is 2.63. The van der Waals surface area contributed by atoms with Crippen LogP contribution in [0.25, 0.3) is 0 Å². The maximum absolute atomic E-state index is 10.5. The van der Waals surface area contributed by atoms with Gasteiger partial charge >= 0.3 is 0 Å². The first-order valence-electron chi connectivity index (χ1n) is 8.68. The fraction of sp³-hybridized carbons (Fsp3) is 0.400. The molecule has 1 fully saturated rings. The number of phenols is 1. The minimum absolute atomic E-state index is 0.317. The second-order valence-corrected chi connectivity index (χ2v) is 6.54. The van der Waals surface area contributed by atoms with Gasteiger partial charge in [-0.15, -0.1) is 0 Å². The van der Waals surface area contributed by atoms with Crippen LogP contribution in [-0.2, 0) is 6.54 Å². The minimum atomic E-state index is -0.507. The number of aromatic hydroxyl groups is 1. The van der Waals surface area contributed by atoms with Crippen LogP contribution in [0, 0.1) is 0 Å². The Morgan fingerprint density at radius 3 is 2.44 bits per heavy atom. The van der Waals surface area contributed by atoms with Crippen molar-refractivity contribution in [2.24, 2.45) is 0 Å². The number of methoxy groups -OCH3 is 1. The molecule has 0 radical (unpaired) electrons. The SMILES string of the molecule is COc1cccc(C(O)CN2CCN(Cc3cccc(O)c3)CC2)c1. The van der Waals surface area contributed by atoms with Crippen molar-refractivity contribution in [3.05, 3.63) is 59.7 Å². The third-order valence-electron chi connectivity index (χ3n) is 4.69. The van der Waals surface area contributed by atoms with E-state index in [1.54, 1.807) is 13.2 Å². The van der Waals surface area contributed by atoms with Gasteiger partial charge in [-0.05, 0) is 35.4 Å². The summed E-state index contributed by atoms with van der Waals surface area (Å²) in [7, 11) is 1.64. The number of ether oxygens (including phenoxy) is 1. The van der Waals surface area contributed by atoms with Gasteiger partial charge in [-0.25, -0.2) is 0 Å². The van der Waals surface area contributed by atoms with Crippen LogP contribution < -0.4 is 4.74 Å². The number of phenolic OH excluding ortho intramolecular Hbond substituents is 1. The second kappa shape index (κ2) is 8.34. The van der Waals surface area contributed by atoms with Crippen molar-refractivity contribution in [2.75, 3.05) is 39.8 Å². The maximum Gasteiger partial charge on any atom is 0.119 e. The molecular weight excluding hydrogens is 316 g/mol. The predicted octanol–water partition coefficient (Wildman–Crippen LogP) is 2.25. The normalized spacial score (nSPS) is 17.4. The molecule has 3 rings (SSSR count). The molecule has 1 aliphatic rings. The van der Waals surface area contributed by atoms with Crippen molar-refractivity contribution in [3.8, 4) is 11.5 Å². The van der Waals surface area contributed by atoms with E-state index < -0.39 is 6.10 Å². The Hall–Kier alpha value is -2.08. The zero-order valence-electron chi connectivity index (χ0n) is 14.6. The summed E-state index contributed by atoms with van der Waals surface area (Å²) in [5.74, 6) is 1.09. The lowest BCUT2D eigenvalue weighted by atomic mass is 10.1. The largest absolute Gasteiger partial charge is 0.508 e. The number of hydrogen-bond acceptors (Lipinski definition) is 5. The van der Waals surface area contributed by atoms with E-state index in [0.29, 0.717) is 12.3 Å². The van der Waals surface area contributed by atoms with Gasteiger partial charge in [0.15, 0.2) is 0 Å². The Bertz CT molecular complexity index is 684. The molecule has 25 heavy (non-hydrogen) atoms. The van der Waals surface area contributed by atoms with Crippen LogP contribution in [0.5, 0.6) is 11.5 Å². The van der Waals surface area contributed by atoms with Gasteiger partial charge in [0.05, 0.1) is 13.2 Å². The predicted molar refractivity (Wildman–Crippen MR) is 97.8 cm³/mol. The van der Waals surface area contributed by atoms with Crippen LogP contribution in [0.2, 0.25) is 0 Å². The van der Waals surface area contributed by atoms with Gasteiger partial charge in [0.2, 0.25) is 0 Å². The van der Waals surface area contributed by atoms with Gasteiger partial charge in [0.1, 0.15) is 11.5 Å². The summed E-state index contributed by atoms with van der Waals surface area (Å²) in [5, 5.41) is 20.1. The Kier molecular flexibility index (Phi) is 5.91. The molecule has 1 saturated heterocycles. The van der Waals surface area contributed by atoms with Crippen LogP contribution >= 0.6 is 0 Å². The molecule has 1 unspecified atom stereocenters. The van der Waals surface area contributed by atoms with E-state index in [2.05, 4.69) is 9.80 Å². The van der Waals surface area contributed by atoms with E-state index in [4.69, 9.17) is 4.74 Å². The summed E-state index contributed by atoms with van der Waals surface area (Å²) < 4.78 is 5.22. The fourth-order valence-electron chi connectivity index (χ4n) is 3.24. The molecule has 134 valence electrons. The van der Waals surface area contributed by atoms with Crippen molar-refractivity contribution >= 4 is 0 Å². The topological polar surface area (TPSA) is 56.2 Å². The van der Waals surface area contributed by atoms with Crippen LogP contribution in [0.1, 0.15) is 17.2 Å². The third kappa shape index (κ3) is 4.95. The van der Waals surface area contributed by atoms with E-state index in [0.717, 1.165) is 49.6 Å². The van der Waals surface area contributed by atoms with Crippen molar-refractivity contribution in [1.82, 2.24) is 9.80 Å². The van der Waals surface area contributed by atoms with Crippen LogP contribution in [0.4, 0.5) is 0 Å². The highest BCUT2D eigenvalue weighted by molar-refractivity contribution is 5.30. The fourth-order valence-corrected chi connectivity index (χ4v) is 3.24. The van der Waals surface area contributed by atoms with E-state index in [1.807, 2.05) is 42.5 Å². The molecule has 0 amide bonds. The first kappa shape index (κ1) is 17.7. The van der Waals surface area contributed by atoms with E-state index >= 15 is 0 Å². The molecule has 2 aromatic carbocycles. The Balaban J connectivity index is 1.48. The lowest BCUT2D eigenvalue weighted by Gasteiger charge is -2.35. The van der Waals surface area contributed by atoms with Crippen molar-refractivity contribution in [1.29, 1.82) is 0 Å². The first-order valence-corrected chi connectivity index (χ1v) is 8.68. The number of β-amino-alcohol motifs (C(OH)–C–C–N with tert-alkyl or cyclic N) is 1. The quantitative estimate of drug-likeness (QED) is 0.843. The lowest BCUT2D eigenvalue weighted by molar-refractivity contribution is 0.0700. The summed E-state index contributed by atoms with van der Waals surface area (Å²) in [6.45, 7) is 5.26. The van der Waals surface area contributed by atoms with Crippen LogP contribution in [0.15, 0.2) is 48.5 Å². The summed E-state index contributed by atoms with van der Waals surface area (Å²) in [5.41, 5.74) is 2.02. The highest BCUT2D eigenvalue weighted by Crippen LogP contribution is 2.21. The smallest absolute Gasteiger partial charge is 0.119 e. The van der Waals surface area contributed by atoms with Gasteiger partial charge in [0.25, 0.3) is 0 Å². The van der Waals surface area contributed by atoms with E-state index in [9.17, 15) is 10.2 Å². The number of piperazine rings is 1. The van der Waals surface area contributed by atoms with Gasteiger partial charge in [0, 0.05) is 39.3 Å². The number of rotatable bonds is 6. The highest BCUT2D eigenvalue weighted by Gasteiger charge is 2.20. The van der Waals surface area contributed by atoms with Gasteiger partial charge in [-0.3, -0.25) is 9.80 Å². The number of hydrogen-bond donors (Lipinski definition) is 2. The lowest BCUT2D eigenvalue weighted by Crippen LogP contribution is -2.47. The first-order chi connectivity index (χ1) is 12.1. The highest BCUT2D eigenvalue weighted by atomic mass is 16.5. The van der Waals surface area contributed by atoms with Crippen LogP contribution in [-0.4, -0.2) is 59.8 Å². The second-order valence-electron chi connectivity index (χ2n) is 6.54. The van der Waals surface area contributed by atoms with Gasteiger partial charge < -0.3 is 14.9 Å². The molecule has 1 aliphatic heterocycles. The van der Waals surface area contributed by atoms with Crippen molar-refractivity contribution < 1.29 is 14.9 Å². The molecule has 1 atom stereocenters. The zero-order valence-corrected chi connectivity index (χ0v) is 14.6. The molecule has 1 heterocycles. The molecular formula is C20H26N2O3. The summed E-state index contributed by atoms with van der Waals surface area (Å²) in [6, 6.07) is 15.1. The summed E-state index contributed by atoms with van der Waals surface area (Å²) in [4.78, 5) is 4.67. The molecule has 0 aromatic heterocycles. The van der Waals surface area contributed by atoms with E-state index in [-0.39, 0.29) is 0 Å². The molecule has 2 N–H and O–H groups in total. The Morgan fingerprint density at radius 1 is 1.00 bits per heavy atom. The zero-order chi connectivity index (χ0) is 17.6. The van der Waals surface area contributed by atoms with Crippen molar-refractivity contribution in [3.63, 3.8) is 0 Å². The minimum Gasteiger partial charge on any atom is -0.508 e. The van der Waals surface area contributed by atoms with Gasteiger partial charge in [-0.1, -0.05) is 24.3 Å². The average molecular weight is 342 g/mol. The molecule has 2 aromatic rings. The maximum atomic E-state index is 10.5. The number of aliphatic hydroxyl groups excluding tert-OH is 1. The molecule has 0 aliphatic carbocycles. The Morgan fingerprint density at radius 2 is 1.72 bits per heavy atom. The standard InChI is InChI=1S/C20H26N2O3/c1-25-19-7-3-5-17(13-19)20(24)15-22-10-8-21(9-11-22)14-16-4-2-6-18(23)12-16/h2-7,12-13,20,23-24H,8-11,14-15H2,1H3. The number of benzene rings is 2. The third-order valence-corrected chi connectivity index (χ3v) is 4.69. The molecule has 5 heteroatoms. The number of aliphatic hydroxyl groups is 1. The van der Waals surface area contributed by atoms with E-state index in [1.165, 1.54) is 0 Å². The molecule has 0 bridgehead atoms. The molecule has 0 spiro atoms.